The molecule has 1 rings (SSSR count). The second-order valence-electron chi connectivity index (χ2n) is 11.2. The quantitative estimate of drug-likeness (QED) is 0.0662. The summed E-state index contributed by atoms with van der Waals surface area (Å²) >= 11 is 0. The van der Waals surface area contributed by atoms with Crippen molar-refractivity contribution in [1.29, 1.82) is 0 Å². The lowest BCUT2D eigenvalue weighted by molar-refractivity contribution is -0.137. The average Bonchev–Trinajstić information content (AvgIpc) is 3.46. The minimum Gasteiger partial charge on any atom is -0.481 e. The lowest BCUT2D eigenvalue weighted by atomic mass is 10.0. The molecule has 1 atom stereocenters. The molecule has 0 aliphatic rings. The van der Waals surface area contributed by atoms with E-state index < -0.39 is 12.0 Å². The molecular formula is C32H55N5O5. The summed E-state index contributed by atoms with van der Waals surface area (Å²) in [5.74, 6) is -0.949. The van der Waals surface area contributed by atoms with Crippen LogP contribution in [-0.4, -0.2) is 57.6 Å². The molecule has 0 aliphatic carbocycles. The zero-order valence-electron chi connectivity index (χ0n) is 25.8. The fourth-order valence-corrected chi connectivity index (χ4v) is 4.75. The molecule has 0 spiro atoms. The number of imidazole rings is 1. The highest BCUT2D eigenvalue weighted by Crippen LogP contribution is 2.14. The number of carbonyl (C=O) groups is 4. The first kappa shape index (κ1) is 37.0. The van der Waals surface area contributed by atoms with Crippen molar-refractivity contribution < 1.29 is 24.3 Å². The number of rotatable bonds is 28. The number of amides is 1. The molecule has 1 heterocycles. The highest BCUT2D eigenvalue weighted by atomic mass is 16.4. The summed E-state index contributed by atoms with van der Waals surface area (Å²) in [6, 6.07) is -0.678. The third-order valence-corrected chi connectivity index (χ3v) is 7.34. The first-order chi connectivity index (χ1) is 20.3. The Hall–Kier alpha value is -3.01. The van der Waals surface area contributed by atoms with Crippen molar-refractivity contribution in [3.63, 3.8) is 0 Å². The Morgan fingerprint density at radius 3 is 1.90 bits per heavy atom. The van der Waals surface area contributed by atoms with E-state index in [1.807, 2.05) is 0 Å². The number of aromatic amines is 1. The monoisotopic (exact) mass is 589 g/mol. The van der Waals surface area contributed by atoms with E-state index in [1.54, 1.807) is 12.3 Å². The zero-order valence-corrected chi connectivity index (χ0v) is 25.8. The van der Waals surface area contributed by atoms with Crippen LogP contribution in [0, 0.1) is 0 Å². The van der Waals surface area contributed by atoms with Gasteiger partial charge in [-0.05, 0) is 25.7 Å². The van der Waals surface area contributed by atoms with Crippen LogP contribution in [0.3, 0.4) is 0 Å². The highest BCUT2D eigenvalue weighted by Gasteiger charge is 2.15. The lowest BCUT2D eigenvalue weighted by Gasteiger charge is -2.12. The van der Waals surface area contributed by atoms with E-state index in [1.165, 1.54) is 71.0 Å². The molecule has 0 bridgehead atoms. The van der Waals surface area contributed by atoms with Crippen LogP contribution in [0.2, 0.25) is 0 Å². The minimum atomic E-state index is -0.690. The van der Waals surface area contributed by atoms with E-state index in [9.17, 15) is 19.2 Å². The summed E-state index contributed by atoms with van der Waals surface area (Å²) in [7, 11) is 0. The van der Waals surface area contributed by atoms with Crippen LogP contribution < -0.4 is 16.4 Å². The molecule has 1 unspecified atom stereocenters. The fourth-order valence-electron chi connectivity index (χ4n) is 4.75. The summed E-state index contributed by atoms with van der Waals surface area (Å²) in [5.41, 5.74) is 7.13. The Morgan fingerprint density at radius 1 is 0.857 bits per heavy atom. The Balaban J connectivity index is 1.96. The fraction of sp³-hybridized carbons (Fsp3) is 0.719. The third-order valence-electron chi connectivity index (χ3n) is 7.34. The van der Waals surface area contributed by atoms with Gasteiger partial charge in [-0.15, -0.1) is 0 Å². The number of carbonyl (C=O) groups excluding carboxylic acids is 3. The van der Waals surface area contributed by atoms with Gasteiger partial charge in [0, 0.05) is 44.6 Å². The second-order valence-corrected chi connectivity index (χ2v) is 11.2. The topological polar surface area (TPSA) is 167 Å². The number of H-pyrrole nitrogens is 1. The molecule has 0 aliphatic heterocycles. The summed E-state index contributed by atoms with van der Waals surface area (Å²) in [4.78, 5) is 53.6. The van der Waals surface area contributed by atoms with E-state index in [2.05, 4.69) is 20.6 Å². The van der Waals surface area contributed by atoms with Crippen molar-refractivity contribution in [2.24, 2.45) is 5.73 Å². The summed E-state index contributed by atoms with van der Waals surface area (Å²) in [5, 5.41) is 14.5. The number of aromatic nitrogens is 2. The normalized spacial score (nSPS) is 12.2. The maximum atomic E-state index is 12.3. The van der Waals surface area contributed by atoms with Crippen molar-refractivity contribution in [2.45, 2.75) is 135 Å². The van der Waals surface area contributed by atoms with Crippen molar-refractivity contribution >= 4 is 23.4 Å². The number of nitrogens with one attached hydrogen (secondary N) is 3. The van der Waals surface area contributed by atoms with Gasteiger partial charge in [0.25, 0.3) is 0 Å². The van der Waals surface area contributed by atoms with E-state index in [0.717, 1.165) is 37.8 Å². The SMILES string of the molecule is CC(=O)/C(=C\CCCNC(=O)CCCCCCCCCCCCCCCCC(=O)O)NCC(=O)C(N)Cc1cnc[nH]1. The predicted molar refractivity (Wildman–Crippen MR) is 166 cm³/mol. The van der Waals surface area contributed by atoms with Crippen LogP contribution in [0.25, 0.3) is 0 Å². The number of carboxylic acids is 1. The van der Waals surface area contributed by atoms with E-state index in [-0.39, 0.29) is 24.0 Å². The van der Waals surface area contributed by atoms with Crippen molar-refractivity contribution in [1.82, 2.24) is 20.6 Å². The number of aliphatic carboxylic acids is 1. The van der Waals surface area contributed by atoms with Gasteiger partial charge >= 0.3 is 5.97 Å². The molecule has 0 saturated carbocycles. The number of nitrogens with two attached hydrogens (primary N) is 1. The van der Waals surface area contributed by atoms with E-state index in [4.69, 9.17) is 10.8 Å². The molecule has 1 amide bonds. The van der Waals surface area contributed by atoms with Crippen LogP contribution in [0.4, 0.5) is 0 Å². The number of carboxylic acid groups (broad SMARTS) is 1. The summed E-state index contributed by atoms with van der Waals surface area (Å²) in [6.07, 6.45) is 23.7. The largest absolute Gasteiger partial charge is 0.481 e. The average molecular weight is 590 g/mol. The number of hydrogen-bond acceptors (Lipinski definition) is 7. The van der Waals surface area contributed by atoms with Gasteiger partial charge in [0.1, 0.15) is 0 Å². The van der Waals surface area contributed by atoms with Crippen LogP contribution in [-0.2, 0) is 25.6 Å². The number of hydrogen-bond donors (Lipinski definition) is 5. The maximum Gasteiger partial charge on any atom is 0.303 e. The zero-order chi connectivity index (χ0) is 30.8. The van der Waals surface area contributed by atoms with Crippen LogP contribution in [0.15, 0.2) is 24.3 Å². The molecule has 0 fully saturated rings. The number of Topliss-reactive ketones (excluding diaryl/α,β-unsaturated/α-hetero) is 2. The molecule has 10 nitrogen and oxygen atoms in total. The second kappa shape index (κ2) is 24.6. The Morgan fingerprint density at radius 2 is 1.40 bits per heavy atom. The van der Waals surface area contributed by atoms with Gasteiger partial charge in [-0.1, -0.05) is 83.1 Å². The van der Waals surface area contributed by atoms with Crippen molar-refractivity contribution in [2.75, 3.05) is 13.1 Å². The Labute approximate surface area is 252 Å². The molecule has 42 heavy (non-hydrogen) atoms. The van der Waals surface area contributed by atoms with Gasteiger partial charge in [0.2, 0.25) is 5.91 Å². The molecule has 0 aromatic carbocycles. The highest BCUT2D eigenvalue weighted by molar-refractivity contribution is 5.94. The predicted octanol–water partition coefficient (Wildman–Crippen LogP) is 5.13. The molecule has 6 N–H and O–H groups in total. The molecule has 1 aromatic rings. The smallest absolute Gasteiger partial charge is 0.303 e. The van der Waals surface area contributed by atoms with Crippen LogP contribution in [0.5, 0.6) is 0 Å². The summed E-state index contributed by atoms with van der Waals surface area (Å²) < 4.78 is 0. The van der Waals surface area contributed by atoms with Crippen LogP contribution >= 0.6 is 0 Å². The molecule has 1 aromatic heterocycles. The Bertz CT molecular complexity index is 916. The summed E-state index contributed by atoms with van der Waals surface area (Å²) in [6.45, 7) is 1.99. The number of allylic oxidation sites excluding steroid dienone is 2. The maximum absolute atomic E-state index is 12.3. The number of nitrogens with zero attached hydrogens (tertiary/aromatic N) is 1. The van der Waals surface area contributed by atoms with Gasteiger partial charge in [0.15, 0.2) is 11.6 Å². The van der Waals surface area contributed by atoms with Gasteiger partial charge in [-0.3, -0.25) is 19.2 Å². The number of unbranched alkanes of at least 4 members (excludes halogenated alkanes) is 14. The molecule has 10 heteroatoms. The van der Waals surface area contributed by atoms with Gasteiger partial charge in [-0.2, -0.15) is 0 Å². The molecule has 0 saturated heterocycles. The minimum absolute atomic E-state index is 0.0165. The molecule has 0 radical (unpaired) electrons. The van der Waals surface area contributed by atoms with E-state index >= 15 is 0 Å². The van der Waals surface area contributed by atoms with Gasteiger partial charge in [0.05, 0.1) is 24.6 Å². The lowest BCUT2D eigenvalue weighted by Crippen LogP contribution is -2.39. The van der Waals surface area contributed by atoms with E-state index in [0.29, 0.717) is 44.3 Å². The molecular weight excluding hydrogens is 534 g/mol. The Kier molecular flexibility index (Phi) is 21.7. The van der Waals surface area contributed by atoms with Crippen LogP contribution in [0.1, 0.15) is 128 Å². The van der Waals surface area contributed by atoms with Gasteiger partial charge < -0.3 is 26.5 Å². The first-order valence-corrected chi connectivity index (χ1v) is 16.0. The first-order valence-electron chi connectivity index (χ1n) is 16.0. The van der Waals surface area contributed by atoms with Crippen molar-refractivity contribution in [3.05, 3.63) is 30.0 Å². The standard InChI is InChI=1S/C32H55N5O5/c1-26(38)29(36-24-30(39)28(33)22-27-23-34-25-37-27)18-16-17-21-35-31(40)19-14-12-10-8-6-4-2-3-5-7-9-11-13-15-20-32(41)42/h18,23,25,28,36H,2-17,19-22,24,33H2,1H3,(H,34,37)(H,35,40)(H,41,42)/b29-18+. The molecule has 238 valence electrons. The number of ketones is 2. The van der Waals surface area contributed by atoms with Gasteiger partial charge in [-0.25, -0.2) is 4.98 Å². The third kappa shape index (κ3) is 20.8. The van der Waals surface area contributed by atoms with Crippen molar-refractivity contribution in [3.8, 4) is 0 Å².